The van der Waals surface area contributed by atoms with Gasteiger partial charge in [-0.05, 0) is 25.3 Å². The van der Waals surface area contributed by atoms with E-state index in [2.05, 4.69) is 5.10 Å². The minimum absolute atomic E-state index is 0.0256. The number of nitrogens with zero attached hydrogens (tertiary/aromatic N) is 2. The highest BCUT2D eigenvalue weighted by molar-refractivity contribution is 5.95. The Kier molecular flexibility index (Phi) is 2.65. The van der Waals surface area contributed by atoms with Gasteiger partial charge < -0.3 is 4.74 Å². The average molecular weight is 230 g/mol. The third-order valence-electron chi connectivity index (χ3n) is 3.18. The third kappa shape index (κ3) is 1.74. The number of para-hydroxylation sites is 1. The predicted molar refractivity (Wildman–Crippen MR) is 64.0 cm³/mol. The van der Waals surface area contributed by atoms with Crippen molar-refractivity contribution in [1.29, 1.82) is 0 Å². The highest BCUT2D eigenvalue weighted by Crippen LogP contribution is 2.27. The first-order chi connectivity index (χ1) is 8.40. The molecule has 1 aromatic carbocycles. The Hall–Kier alpha value is -1.68. The fourth-order valence-corrected chi connectivity index (χ4v) is 2.34. The Morgan fingerprint density at radius 1 is 1.35 bits per heavy atom. The van der Waals surface area contributed by atoms with Crippen molar-refractivity contribution >= 4 is 17.2 Å². The zero-order valence-electron chi connectivity index (χ0n) is 9.50. The van der Waals surface area contributed by atoms with Crippen LogP contribution in [0.4, 0.5) is 0 Å². The molecule has 0 N–H and O–H groups in total. The van der Waals surface area contributed by atoms with Crippen molar-refractivity contribution < 1.29 is 9.53 Å². The van der Waals surface area contributed by atoms with Gasteiger partial charge >= 0.3 is 0 Å². The lowest BCUT2D eigenvalue weighted by molar-refractivity contribution is -0.0367. The lowest BCUT2D eigenvalue weighted by Crippen LogP contribution is -2.19. The van der Waals surface area contributed by atoms with Gasteiger partial charge in [0.15, 0.2) is 12.5 Å². The van der Waals surface area contributed by atoms with Crippen molar-refractivity contribution in [3.05, 3.63) is 30.0 Å². The maximum absolute atomic E-state index is 11.0. The summed E-state index contributed by atoms with van der Waals surface area (Å²) >= 11 is 0. The van der Waals surface area contributed by atoms with Crippen LogP contribution in [0, 0.1) is 0 Å². The summed E-state index contributed by atoms with van der Waals surface area (Å²) in [6, 6.07) is 7.78. The molecular weight excluding hydrogens is 216 g/mol. The van der Waals surface area contributed by atoms with Gasteiger partial charge in [0.25, 0.3) is 0 Å². The van der Waals surface area contributed by atoms with Gasteiger partial charge in [-0.25, -0.2) is 4.68 Å². The number of aromatic nitrogens is 2. The molecule has 2 heterocycles. The van der Waals surface area contributed by atoms with Crippen LogP contribution < -0.4 is 0 Å². The van der Waals surface area contributed by atoms with Gasteiger partial charge in [0.1, 0.15) is 5.69 Å². The van der Waals surface area contributed by atoms with Gasteiger partial charge in [-0.2, -0.15) is 5.10 Å². The summed E-state index contributed by atoms with van der Waals surface area (Å²) in [7, 11) is 0. The Morgan fingerprint density at radius 3 is 3.00 bits per heavy atom. The monoisotopic (exact) mass is 230 g/mol. The van der Waals surface area contributed by atoms with Gasteiger partial charge in [0.2, 0.25) is 0 Å². The number of hydrogen-bond donors (Lipinski definition) is 0. The first-order valence-electron chi connectivity index (χ1n) is 5.94. The fourth-order valence-electron chi connectivity index (χ4n) is 2.34. The quantitative estimate of drug-likeness (QED) is 0.745. The molecule has 4 nitrogen and oxygen atoms in total. The van der Waals surface area contributed by atoms with E-state index < -0.39 is 0 Å². The van der Waals surface area contributed by atoms with Crippen LogP contribution in [-0.2, 0) is 4.74 Å². The Bertz CT molecular complexity index is 541. The van der Waals surface area contributed by atoms with Crippen LogP contribution in [0.2, 0.25) is 0 Å². The number of aldehydes is 1. The highest BCUT2D eigenvalue weighted by atomic mass is 16.5. The molecule has 2 aromatic rings. The summed E-state index contributed by atoms with van der Waals surface area (Å²) < 4.78 is 7.56. The number of carbonyl (C=O) groups excluding carboxylic acids is 1. The molecule has 0 radical (unpaired) electrons. The van der Waals surface area contributed by atoms with E-state index in [1.54, 1.807) is 0 Å². The molecule has 0 bridgehead atoms. The SMILES string of the molecule is O=Cc1nn([C@H]2CCCCO2)c2ccccc12. The number of hydrogen-bond acceptors (Lipinski definition) is 3. The summed E-state index contributed by atoms with van der Waals surface area (Å²) in [5, 5.41) is 5.25. The predicted octanol–water partition coefficient (Wildman–Crippen LogP) is 2.55. The topological polar surface area (TPSA) is 44.1 Å². The Morgan fingerprint density at radius 2 is 2.24 bits per heavy atom. The molecule has 0 aliphatic carbocycles. The van der Waals surface area contributed by atoms with E-state index in [0.717, 1.165) is 43.1 Å². The van der Waals surface area contributed by atoms with E-state index in [-0.39, 0.29) is 6.23 Å². The maximum atomic E-state index is 11.0. The molecule has 3 rings (SSSR count). The van der Waals surface area contributed by atoms with Crippen molar-refractivity contribution in [1.82, 2.24) is 9.78 Å². The van der Waals surface area contributed by atoms with Crippen LogP contribution in [0.3, 0.4) is 0 Å². The van der Waals surface area contributed by atoms with E-state index >= 15 is 0 Å². The van der Waals surface area contributed by atoms with Crippen LogP contribution in [-0.4, -0.2) is 22.7 Å². The van der Waals surface area contributed by atoms with Crippen LogP contribution in [0.1, 0.15) is 36.0 Å². The highest BCUT2D eigenvalue weighted by Gasteiger charge is 2.20. The van der Waals surface area contributed by atoms with Gasteiger partial charge in [0, 0.05) is 12.0 Å². The molecule has 0 amide bonds. The first-order valence-corrected chi connectivity index (χ1v) is 5.94. The Labute approximate surface area is 99.2 Å². The summed E-state index contributed by atoms with van der Waals surface area (Å²) in [6.45, 7) is 0.773. The van der Waals surface area contributed by atoms with E-state index in [0.29, 0.717) is 5.69 Å². The zero-order valence-corrected chi connectivity index (χ0v) is 9.50. The molecule has 17 heavy (non-hydrogen) atoms. The lowest BCUT2D eigenvalue weighted by Gasteiger charge is -2.23. The van der Waals surface area contributed by atoms with Crippen molar-refractivity contribution in [3.8, 4) is 0 Å². The Balaban J connectivity index is 2.11. The molecule has 0 saturated carbocycles. The maximum Gasteiger partial charge on any atom is 0.170 e. The molecular formula is C13H14N2O2. The number of benzene rings is 1. The normalized spacial score (nSPS) is 20.6. The van der Waals surface area contributed by atoms with Crippen LogP contribution >= 0.6 is 0 Å². The number of ether oxygens (including phenoxy) is 1. The van der Waals surface area contributed by atoms with Crippen LogP contribution in [0.15, 0.2) is 24.3 Å². The first kappa shape index (κ1) is 10.5. The second-order valence-corrected chi connectivity index (χ2v) is 4.29. The number of rotatable bonds is 2. The molecule has 1 aliphatic heterocycles. The molecule has 1 aliphatic rings. The summed E-state index contributed by atoms with van der Waals surface area (Å²) in [5.74, 6) is 0. The van der Waals surface area contributed by atoms with E-state index in [1.807, 2.05) is 28.9 Å². The molecule has 4 heteroatoms. The van der Waals surface area contributed by atoms with E-state index in [9.17, 15) is 4.79 Å². The number of carbonyl (C=O) groups is 1. The second kappa shape index (κ2) is 4.30. The summed E-state index contributed by atoms with van der Waals surface area (Å²) in [4.78, 5) is 11.0. The minimum atomic E-state index is -0.0256. The average Bonchev–Trinajstić information content (AvgIpc) is 2.78. The van der Waals surface area contributed by atoms with Gasteiger partial charge in [0.05, 0.1) is 5.52 Å². The molecule has 0 spiro atoms. The smallest absolute Gasteiger partial charge is 0.170 e. The molecule has 88 valence electrons. The van der Waals surface area contributed by atoms with E-state index in [4.69, 9.17) is 4.74 Å². The van der Waals surface area contributed by atoms with Crippen molar-refractivity contribution in [2.24, 2.45) is 0 Å². The lowest BCUT2D eigenvalue weighted by atomic mass is 10.2. The molecule has 1 aromatic heterocycles. The van der Waals surface area contributed by atoms with Gasteiger partial charge in [-0.15, -0.1) is 0 Å². The van der Waals surface area contributed by atoms with Gasteiger partial charge in [-0.1, -0.05) is 18.2 Å². The van der Waals surface area contributed by atoms with Crippen molar-refractivity contribution in [3.63, 3.8) is 0 Å². The van der Waals surface area contributed by atoms with Crippen LogP contribution in [0.25, 0.3) is 10.9 Å². The van der Waals surface area contributed by atoms with Crippen molar-refractivity contribution in [2.45, 2.75) is 25.5 Å². The zero-order chi connectivity index (χ0) is 11.7. The number of fused-ring (bicyclic) bond motifs is 1. The van der Waals surface area contributed by atoms with Crippen molar-refractivity contribution in [2.75, 3.05) is 6.61 Å². The molecule has 1 fully saturated rings. The van der Waals surface area contributed by atoms with E-state index in [1.165, 1.54) is 0 Å². The van der Waals surface area contributed by atoms with Gasteiger partial charge in [-0.3, -0.25) is 4.79 Å². The molecule has 1 atom stereocenters. The largest absolute Gasteiger partial charge is 0.356 e. The molecule has 1 saturated heterocycles. The standard InChI is InChI=1S/C13H14N2O2/c16-9-11-10-5-1-2-6-12(10)15(14-11)13-7-3-4-8-17-13/h1-2,5-6,9,13H,3-4,7-8H2/t13-/m1/s1. The second-order valence-electron chi connectivity index (χ2n) is 4.29. The third-order valence-corrected chi connectivity index (χ3v) is 3.18. The minimum Gasteiger partial charge on any atom is -0.356 e. The van der Waals surface area contributed by atoms with Crippen LogP contribution in [0.5, 0.6) is 0 Å². The fraction of sp³-hybridized carbons (Fsp3) is 0.385. The summed E-state index contributed by atoms with van der Waals surface area (Å²) in [6.07, 6.45) is 4.00. The summed E-state index contributed by atoms with van der Waals surface area (Å²) in [5.41, 5.74) is 1.47. The molecule has 0 unspecified atom stereocenters.